The molecule has 1 rings (SSSR count). The van der Waals surface area contributed by atoms with E-state index < -0.39 is 46.8 Å². The Bertz CT molecular complexity index is 507. The number of carbonyl (C=O) groups excluding carboxylic acids is 2. The Kier molecular flexibility index (Phi) is 4.47. The maximum absolute atomic E-state index is 13.3. The molecular weight excluding hydrogens is 270 g/mol. The predicted octanol–water partition coefficient (Wildman–Crippen LogP) is 1.53. The molecule has 0 aliphatic carbocycles. The van der Waals surface area contributed by atoms with E-state index in [1.54, 1.807) is 0 Å². The number of hydrogen-bond acceptors (Lipinski definition) is 3. The van der Waals surface area contributed by atoms with Gasteiger partial charge in [0.15, 0.2) is 23.3 Å². The molecule has 104 valence electrons. The van der Waals surface area contributed by atoms with Crippen molar-refractivity contribution in [2.75, 3.05) is 7.11 Å². The molecule has 0 bridgehead atoms. The van der Waals surface area contributed by atoms with Crippen molar-refractivity contribution in [2.45, 2.75) is 13.0 Å². The summed E-state index contributed by atoms with van der Waals surface area (Å²) in [5, 5.41) is 1.86. The van der Waals surface area contributed by atoms with Gasteiger partial charge in [0, 0.05) is 6.07 Å². The van der Waals surface area contributed by atoms with Crippen molar-refractivity contribution in [3.63, 3.8) is 0 Å². The monoisotopic (exact) mass is 279 g/mol. The zero-order chi connectivity index (χ0) is 14.7. The molecule has 1 aromatic rings. The number of carbonyl (C=O) groups is 2. The lowest BCUT2D eigenvalue weighted by Crippen LogP contribution is -2.40. The summed E-state index contributed by atoms with van der Waals surface area (Å²) in [6.45, 7) is 1.18. The van der Waals surface area contributed by atoms with Gasteiger partial charge in [0.05, 0.1) is 7.11 Å². The SMILES string of the molecule is COC(=O)[C@@H](C)NC(=O)c1c(F)c(F)cc(F)c1F. The zero-order valence-corrected chi connectivity index (χ0v) is 9.89. The summed E-state index contributed by atoms with van der Waals surface area (Å²) in [6.07, 6.45) is 0. The van der Waals surface area contributed by atoms with Gasteiger partial charge in [0.2, 0.25) is 0 Å². The molecule has 0 radical (unpaired) electrons. The number of methoxy groups -OCH3 is 1. The van der Waals surface area contributed by atoms with E-state index in [1.807, 2.05) is 5.32 Å². The summed E-state index contributed by atoms with van der Waals surface area (Å²) in [7, 11) is 1.04. The van der Waals surface area contributed by atoms with Crippen LogP contribution in [0, 0.1) is 23.3 Å². The van der Waals surface area contributed by atoms with Gasteiger partial charge < -0.3 is 10.1 Å². The highest BCUT2D eigenvalue weighted by molar-refractivity contribution is 5.97. The Hall–Kier alpha value is -2.12. The number of nitrogens with one attached hydrogen (secondary N) is 1. The minimum Gasteiger partial charge on any atom is -0.467 e. The van der Waals surface area contributed by atoms with Gasteiger partial charge in [-0.1, -0.05) is 0 Å². The molecule has 19 heavy (non-hydrogen) atoms. The first-order valence-electron chi connectivity index (χ1n) is 5.01. The molecular formula is C11H9F4NO3. The first kappa shape index (κ1) is 14.9. The van der Waals surface area contributed by atoms with Crippen LogP contribution in [-0.4, -0.2) is 25.0 Å². The molecule has 1 aromatic carbocycles. The Morgan fingerprint density at radius 1 is 1.16 bits per heavy atom. The number of ether oxygens (including phenoxy) is 1. The van der Waals surface area contributed by atoms with Gasteiger partial charge in [-0.15, -0.1) is 0 Å². The molecule has 0 heterocycles. The summed E-state index contributed by atoms with van der Waals surface area (Å²) < 4.78 is 56.6. The first-order chi connectivity index (χ1) is 8.79. The van der Waals surface area contributed by atoms with Crippen LogP contribution in [0.5, 0.6) is 0 Å². The molecule has 0 unspecified atom stereocenters. The highest BCUT2D eigenvalue weighted by Gasteiger charge is 2.27. The smallest absolute Gasteiger partial charge is 0.328 e. The van der Waals surface area contributed by atoms with Crippen molar-refractivity contribution in [1.82, 2.24) is 5.32 Å². The third kappa shape index (κ3) is 3.01. The standard InChI is InChI=1S/C11H9F4NO3/c1-4(11(18)19-2)16-10(17)7-8(14)5(12)3-6(13)9(7)15/h3-4H,1-2H3,(H,16,17)/t4-/m1/s1. The van der Waals surface area contributed by atoms with E-state index in [-0.39, 0.29) is 6.07 Å². The molecule has 1 N–H and O–H groups in total. The Morgan fingerprint density at radius 3 is 2.05 bits per heavy atom. The Labute approximate surface area is 105 Å². The van der Waals surface area contributed by atoms with Crippen molar-refractivity contribution in [2.24, 2.45) is 0 Å². The molecule has 0 aliphatic heterocycles. The van der Waals surface area contributed by atoms with Crippen molar-refractivity contribution >= 4 is 11.9 Å². The lowest BCUT2D eigenvalue weighted by atomic mass is 10.1. The lowest BCUT2D eigenvalue weighted by molar-refractivity contribution is -0.142. The second-order valence-electron chi connectivity index (χ2n) is 3.56. The Balaban J connectivity index is 3.10. The van der Waals surface area contributed by atoms with E-state index in [0.29, 0.717) is 0 Å². The van der Waals surface area contributed by atoms with E-state index in [9.17, 15) is 27.2 Å². The highest BCUT2D eigenvalue weighted by atomic mass is 19.2. The van der Waals surface area contributed by atoms with E-state index in [0.717, 1.165) is 7.11 Å². The molecule has 0 aliphatic rings. The highest BCUT2D eigenvalue weighted by Crippen LogP contribution is 2.19. The van der Waals surface area contributed by atoms with Gasteiger partial charge in [-0.2, -0.15) is 0 Å². The quantitative estimate of drug-likeness (QED) is 0.518. The average molecular weight is 279 g/mol. The van der Waals surface area contributed by atoms with Crippen molar-refractivity contribution in [3.8, 4) is 0 Å². The number of esters is 1. The predicted molar refractivity (Wildman–Crippen MR) is 55.2 cm³/mol. The van der Waals surface area contributed by atoms with Crippen LogP contribution in [0.25, 0.3) is 0 Å². The zero-order valence-electron chi connectivity index (χ0n) is 9.89. The summed E-state index contributed by atoms with van der Waals surface area (Å²) in [5.41, 5.74) is -1.44. The fourth-order valence-corrected chi connectivity index (χ4v) is 1.28. The van der Waals surface area contributed by atoms with Crippen LogP contribution in [0.3, 0.4) is 0 Å². The average Bonchev–Trinajstić information content (AvgIpc) is 2.35. The maximum atomic E-state index is 13.3. The van der Waals surface area contributed by atoms with Crippen molar-refractivity contribution in [1.29, 1.82) is 0 Å². The van der Waals surface area contributed by atoms with Crippen molar-refractivity contribution in [3.05, 3.63) is 34.9 Å². The van der Waals surface area contributed by atoms with Gasteiger partial charge in [0.1, 0.15) is 11.6 Å². The van der Waals surface area contributed by atoms with Crippen LogP contribution in [0.1, 0.15) is 17.3 Å². The number of amides is 1. The molecule has 8 heteroatoms. The summed E-state index contributed by atoms with van der Waals surface area (Å²) in [4.78, 5) is 22.5. The second-order valence-corrected chi connectivity index (χ2v) is 3.56. The third-order valence-corrected chi connectivity index (χ3v) is 2.24. The van der Waals surface area contributed by atoms with Crippen LogP contribution >= 0.6 is 0 Å². The van der Waals surface area contributed by atoms with Gasteiger partial charge in [-0.05, 0) is 6.92 Å². The molecule has 4 nitrogen and oxygen atoms in total. The van der Waals surface area contributed by atoms with Gasteiger partial charge >= 0.3 is 5.97 Å². The fraction of sp³-hybridized carbons (Fsp3) is 0.273. The summed E-state index contributed by atoms with van der Waals surface area (Å²) >= 11 is 0. The van der Waals surface area contributed by atoms with Crippen LogP contribution in [-0.2, 0) is 9.53 Å². The third-order valence-electron chi connectivity index (χ3n) is 2.24. The molecule has 0 saturated carbocycles. The van der Waals surface area contributed by atoms with Crippen LogP contribution in [0.15, 0.2) is 6.07 Å². The van der Waals surface area contributed by atoms with Crippen LogP contribution in [0.4, 0.5) is 17.6 Å². The van der Waals surface area contributed by atoms with E-state index in [4.69, 9.17) is 0 Å². The first-order valence-corrected chi connectivity index (χ1v) is 5.01. The topological polar surface area (TPSA) is 55.4 Å². The van der Waals surface area contributed by atoms with Gasteiger partial charge in [0.25, 0.3) is 5.91 Å². The van der Waals surface area contributed by atoms with Gasteiger partial charge in [-0.3, -0.25) is 4.79 Å². The molecule has 0 aromatic heterocycles. The minimum absolute atomic E-state index is 0.0226. The van der Waals surface area contributed by atoms with Crippen LogP contribution in [0.2, 0.25) is 0 Å². The number of benzene rings is 1. The molecule has 1 amide bonds. The molecule has 1 atom stereocenters. The van der Waals surface area contributed by atoms with E-state index in [1.165, 1.54) is 6.92 Å². The number of rotatable bonds is 3. The Morgan fingerprint density at radius 2 is 1.63 bits per heavy atom. The van der Waals surface area contributed by atoms with Gasteiger partial charge in [-0.25, -0.2) is 22.4 Å². The van der Waals surface area contributed by atoms with Crippen molar-refractivity contribution < 1.29 is 31.9 Å². The second kappa shape index (κ2) is 5.68. The number of hydrogen-bond donors (Lipinski definition) is 1. The summed E-state index contributed by atoms with van der Waals surface area (Å²) in [5.74, 6) is -9.45. The minimum atomic E-state index is -1.84. The summed E-state index contributed by atoms with van der Waals surface area (Å²) in [6, 6.07) is -1.26. The maximum Gasteiger partial charge on any atom is 0.328 e. The molecule has 0 fully saturated rings. The molecule has 0 spiro atoms. The lowest BCUT2D eigenvalue weighted by Gasteiger charge is -2.12. The molecule has 0 saturated heterocycles. The fourth-order valence-electron chi connectivity index (χ4n) is 1.28. The normalized spacial score (nSPS) is 11.9. The number of halogens is 4. The van der Waals surface area contributed by atoms with E-state index >= 15 is 0 Å². The van der Waals surface area contributed by atoms with E-state index in [2.05, 4.69) is 4.74 Å². The van der Waals surface area contributed by atoms with Crippen LogP contribution < -0.4 is 5.32 Å². The largest absolute Gasteiger partial charge is 0.467 e.